The van der Waals surface area contributed by atoms with Gasteiger partial charge in [-0.3, -0.25) is 0 Å². The minimum Gasteiger partial charge on any atom is -0.446 e. The van der Waals surface area contributed by atoms with Gasteiger partial charge >= 0.3 is 6.09 Å². The molecule has 0 fully saturated rings. The SMILES string of the molecule is CCOC(=O)N[n+]1ccc(-c2ccccc2)cc1. The van der Waals surface area contributed by atoms with Crippen molar-refractivity contribution in [2.24, 2.45) is 0 Å². The Balaban J connectivity index is 2.09. The Bertz CT molecular complexity index is 509. The Labute approximate surface area is 106 Å². The monoisotopic (exact) mass is 243 g/mol. The maximum atomic E-state index is 11.2. The van der Waals surface area contributed by atoms with Crippen molar-refractivity contribution in [1.29, 1.82) is 0 Å². The number of nitrogens with one attached hydrogen (secondary N) is 1. The van der Waals surface area contributed by atoms with Crippen LogP contribution < -0.4 is 10.1 Å². The van der Waals surface area contributed by atoms with Gasteiger partial charge in [0.1, 0.15) is 0 Å². The number of rotatable bonds is 3. The van der Waals surface area contributed by atoms with E-state index in [9.17, 15) is 4.79 Å². The summed E-state index contributed by atoms with van der Waals surface area (Å²) >= 11 is 0. The molecule has 0 saturated heterocycles. The molecule has 0 radical (unpaired) electrons. The summed E-state index contributed by atoms with van der Waals surface area (Å²) < 4.78 is 6.35. The molecule has 1 amide bonds. The van der Waals surface area contributed by atoms with E-state index in [-0.39, 0.29) is 0 Å². The van der Waals surface area contributed by atoms with Gasteiger partial charge in [-0.2, -0.15) is 0 Å². The zero-order valence-electron chi connectivity index (χ0n) is 10.2. The van der Waals surface area contributed by atoms with Crippen LogP contribution in [-0.4, -0.2) is 12.7 Å². The first kappa shape index (κ1) is 12.1. The third kappa shape index (κ3) is 3.07. The number of benzene rings is 1. The van der Waals surface area contributed by atoms with Gasteiger partial charge in [0.05, 0.1) is 6.61 Å². The van der Waals surface area contributed by atoms with E-state index in [1.807, 2.05) is 42.5 Å². The van der Waals surface area contributed by atoms with Crippen molar-refractivity contribution in [2.45, 2.75) is 6.92 Å². The maximum absolute atomic E-state index is 11.2. The number of amides is 1. The molecule has 0 atom stereocenters. The zero-order valence-corrected chi connectivity index (χ0v) is 10.2. The molecular weight excluding hydrogens is 228 g/mol. The molecule has 0 saturated carbocycles. The predicted molar refractivity (Wildman–Crippen MR) is 68.5 cm³/mol. The number of pyridine rings is 1. The number of ether oxygens (including phenoxy) is 1. The summed E-state index contributed by atoms with van der Waals surface area (Å²) in [6.45, 7) is 2.12. The van der Waals surface area contributed by atoms with Crippen LogP contribution in [0.1, 0.15) is 6.92 Å². The molecule has 0 unspecified atom stereocenters. The van der Waals surface area contributed by atoms with Gasteiger partial charge in [-0.05, 0) is 18.1 Å². The Morgan fingerprint density at radius 2 is 1.72 bits per heavy atom. The Kier molecular flexibility index (Phi) is 3.91. The van der Waals surface area contributed by atoms with E-state index in [1.54, 1.807) is 24.0 Å². The van der Waals surface area contributed by atoms with Crippen molar-refractivity contribution in [1.82, 2.24) is 0 Å². The molecule has 18 heavy (non-hydrogen) atoms. The van der Waals surface area contributed by atoms with Crippen LogP contribution in [0.3, 0.4) is 0 Å². The third-order valence-corrected chi connectivity index (χ3v) is 2.43. The molecule has 4 nitrogen and oxygen atoms in total. The van der Waals surface area contributed by atoms with Crippen molar-refractivity contribution >= 4 is 6.09 Å². The van der Waals surface area contributed by atoms with Crippen molar-refractivity contribution in [2.75, 3.05) is 12.0 Å². The molecule has 4 heteroatoms. The van der Waals surface area contributed by atoms with Crippen LogP contribution in [0, 0.1) is 0 Å². The highest BCUT2D eigenvalue weighted by atomic mass is 16.5. The van der Waals surface area contributed by atoms with Crippen molar-refractivity contribution in [3.8, 4) is 11.1 Å². The summed E-state index contributed by atoms with van der Waals surface area (Å²) in [5, 5.41) is 0. The van der Waals surface area contributed by atoms with Crippen molar-refractivity contribution in [3.05, 3.63) is 54.9 Å². The smallest absolute Gasteiger partial charge is 0.446 e. The third-order valence-electron chi connectivity index (χ3n) is 2.43. The second kappa shape index (κ2) is 5.82. The lowest BCUT2D eigenvalue weighted by atomic mass is 10.1. The summed E-state index contributed by atoms with van der Waals surface area (Å²) in [5.41, 5.74) is 4.81. The molecule has 2 aromatic rings. The number of aromatic nitrogens is 1. The standard InChI is InChI=1S/C14H14N2O2/c1-2-18-14(17)15-16-10-8-13(9-11-16)12-6-4-3-5-7-12/h3-11H,2H2,1H3/p+1. The normalized spacial score (nSPS) is 9.83. The van der Waals surface area contributed by atoms with Gasteiger partial charge < -0.3 is 4.74 Å². The van der Waals surface area contributed by atoms with Gasteiger partial charge in [0.2, 0.25) is 12.4 Å². The fourth-order valence-electron chi connectivity index (χ4n) is 1.59. The molecule has 1 N–H and O–H groups in total. The van der Waals surface area contributed by atoms with Crippen molar-refractivity contribution in [3.63, 3.8) is 0 Å². The Hall–Kier alpha value is -2.36. The van der Waals surface area contributed by atoms with Gasteiger partial charge in [0.25, 0.3) is 0 Å². The summed E-state index contributed by atoms with van der Waals surface area (Å²) in [6, 6.07) is 13.9. The van der Waals surface area contributed by atoms with Crippen LogP contribution in [0.25, 0.3) is 11.1 Å². The molecular formula is C14H15N2O2+. The van der Waals surface area contributed by atoms with Crippen LogP contribution in [0.4, 0.5) is 4.79 Å². The second-order valence-corrected chi connectivity index (χ2v) is 3.69. The van der Waals surface area contributed by atoms with Crippen LogP contribution in [0.5, 0.6) is 0 Å². The molecule has 2 rings (SSSR count). The topological polar surface area (TPSA) is 42.2 Å². The van der Waals surface area contributed by atoms with E-state index >= 15 is 0 Å². The van der Waals surface area contributed by atoms with E-state index < -0.39 is 6.09 Å². The largest absolute Gasteiger partial charge is 0.461 e. The second-order valence-electron chi connectivity index (χ2n) is 3.69. The van der Waals surface area contributed by atoms with Crippen LogP contribution >= 0.6 is 0 Å². The van der Waals surface area contributed by atoms with Gasteiger partial charge in [-0.15, -0.1) is 0 Å². The first-order chi connectivity index (χ1) is 8.79. The van der Waals surface area contributed by atoms with E-state index in [0.29, 0.717) is 6.61 Å². The first-order valence-corrected chi connectivity index (χ1v) is 5.80. The molecule has 0 aliphatic rings. The van der Waals surface area contributed by atoms with Gasteiger partial charge in [0, 0.05) is 12.1 Å². The number of carbonyl (C=O) groups is 1. The average Bonchev–Trinajstić information content (AvgIpc) is 2.41. The van der Waals surface area contributed by atoms with E-state index in [4.69, 9.17) is 4.74 Å². The molecule has 1 aromatic carbocycles. The molecule has 0 aliphatic carbocycles. The van der Waals surface area contributed by atoms with E-state index in [0.717, 1.165) is 11.1 Å². The predicted octanol–water partition coefficient (Wildman–Crippen LogP) is 2.34. The lowest BCUT2D eigenvalue weighted by Gasteiger charge is -2.01. The Morgan fingerprint density at radius 1 is 1.11 bits per heavy atom. The Morgan fingerprint density at radius 3 is 2.33 bits per heavy atom. The van der Waals surface area contributed by atoms with Crippen LogP contribution in [-0.2, 0) is 4.74 Å². The lowest BCUT2D eigenvalue weighted by molar-refractivity contribution is -0.642. The van der Waals surface area contributed by atoms with Crippen LogP contribution in [0.15, 0.2) is 54.9 Å². The number of hydrogen-bond donors (Lipinski definition) is 1. The van der Waals surface area contributed by atoms with E-state index in [2.05, 4.69) is 5.43 Å². The molecule has 1 heterocycles. The maximum Gasteiger partial charge on any atom is 0.461 e. The minimum absolute atomic E-state index is 0.356. The van der Waals surface area contributed by atoms with Gasteiger partial charge in [0.15, 0.2) is 0 Å². The van der Waals surface area contributed by atoms with Crippen LogP contribution in [0.2, 0.25) is 0 Å². The highest BCUT2D eigenvalue weighted by molar-refractivity contribution is 5.73. The highest BCUT2D eigenvalue weighted by Gasteiger charge is 2.07. The minimum atomic E-state index is -0.463. The van der Waals surface area contributed by atoms with Gasteiger partial charge in [-0.25, -0.2) is 4.79 Å². The van der Waals surface area contributed by atoms with E-state index in [1.165, 1.54) is 0 Å². The quantitative estimate of drug-likeness (QED) is 0.841. The molecule has 92 valence electrons. The molecule has 1 aromatic heterocycles. The summed E-state index contributed by atoms with van der Waals surface area (Å²) in [5.74, 6) is 0. The fraction of sp³-hybridized carbons (Fsp3) is 0.143. The summed E-state index contributed by atoms with van der Waals surface area (Å²) in [7, 11) is 0. The fourth-order valence-corrected chi connectivity index (χ4v) is 1.59. The summed E-state index contributed by atoms with van der Waals surface area (Å²) in [4.78, 5) is 11.2. The number of nitrogens with zero attached hydrogens (tertiary/aromatic N) is 1. The highest BCUT2D eigenvalue weighted by Crippen LogP contribution is 2.16. The lowest BCUT2D eigenvalue weighted by Crippen LogP contribution is -2.47. The average molecular weight is 243 g/mol. The zero-order chi connectivity index (χ0) is 12.8. The summed E-state index contributed by atoms with van der Waals surface area (Å²) in [6.07, 6.45) is 3.09. The van der Waals surface area contributed by atoms with Crippen molar-refractivity contribution < 1.29 is 14.2 Å². The number of hydrogen-bond acceptors (Lipinski definition) is 2. The molecule has 0 bridgehead atoms. The molecule has 0 spiro atoms. The first-order valence-electron chi connectivity index (χ1n) is 5.80. The molecule has 0 aliphatic heterocycles. The number of carbonyl (C=O) groups excluding carboxylic acids is 1. The van der Waals surface area contributed by atoms with Gasteiger partial charge in [-0.1, -0.05) is 40.4 Å².